The highest BCUT2D eigenvalue weighted by Gasteiger charge is 2.35. The Morgan fingerprint density at radius 2 is 1.57 bits per heavy atom. The van der Waals surface area contributed by atoms with Gasteiger partial charge in [0.15, 0.2) is 32.8 Å². The Balaban J connectivity index is 2.13. The van der Waals surface area contributed by atoms with Crippen molar-refractivity contribution < 1.29 is 9.47 Å². The zero-order valence-corrected chi connectivity index (χ0v) is 12.9. The van der Waals surface area contributed by atoms with E-state index < -0.39 is 21.5 Å². The first-order chi connectivity index (χ1) is 10.2. The molecule has 2 rings (SSSR count). The zero-order valence-electron chi connectivity index (χ0n) is 12.9. The second-order valence-corrected chi connectivity index (χ2v) is 6.23. The molecule has 11 heteroatoms. The Hall–Kier alpha value is -0.701. The summed E-state index contributed by atoms with van der Waals surface area (Å²) in [4.78, 5) is 0. The van der Waals surface area contributed by atoms with Gasteiger partial charge in [0.1, 0.15) is 0 Å². The minimum Gasteiger partial charge on any atom is -0.468 e. The second-order valence-electron chi connectivity index (χ2n) is 6.23. The molecule has 98 valence electrons. The molecule has 0 spiro atoms. The fourth-order valence-electron chi connectivity index (χ4n) is 2.24. The summed E-state index contributed by atoms with van der Waals surface area (Å²) in [5, 5.41) is -0.927. The van der Waals surface area contributed by atoms with E-state index >= 15 is 0 Å². The van der Waals surface area contributed by atoms with Crippen LogP contribution in [0.5, 0.6) is 11.5 Å². The number of nitrogens with one attached hydrogen (secondary N) is 1. The lowest BCUT2D eigenvalue weighted by Crippen LogP contribution is -2.65. The molecule has 0 saturated heterocycles. The van der Waals surface area contributed by atoms with Crippen molar-refractivity contribution in [1.82, 2.24) is 5.32 Å². The molecule has 0 saturated carbocycles. The van der Waals surface area contributed by atoms with Crippen LogP contribution in [0.4, 0.5) is 0 Å². The SMILES string of the molecule is [B]C(C)(Cc1ccc2c(c1)OC([B])([B])O2)NC([B])([B])C([B])([B])[B]. The van der Waals surface area contributed by atoms with Gasteiger partial charge in [-0.05, 0) is 29.6 Å². The minimum absolute atomic E-state index is 0.304. The molecule has 0 amide bonds. The van der Waals surface area contributed by atoms with E-state index in [1.165, 1.54) is 0 Å². The van der Waals surface area contributed by atoms with Crippen LogP contribution < -0.4 is 14.8 Å². The number of hydrogen-bond acceptors (Lipinski definition) is 3. The van der Waals surface area contributed by atoms with E-state index in [0.29, 0.717) is 17.9 Å². The molecule has 0 aliphatic carbocycles. The molecule has 0 bridgehead atoms. The van der Waals surface area contributed by atoms with E-state index in [0.717, 1.165) is 5.56 Å². The van der Waals surface area contributed by atoms with Crippen LogP contribution in [0.25, 0.3) is 0 Å². The van der Waals surface area contributed by atoms with Crippen LogP contribution in [0, 0.1) is 0 Å². The highest BCUT2D eigenvalue weighted by molar-refractivity contribution is 6.67. The number of ether oxygens (including phenoxy) is 2. The van der Waals surface area contributed by atoms with E-state index in [-0.39, 0.29) is 0 Å². The van der Waals surface area contributed by atoms with E-state index in [4.69, 9.17) is 72.2 Å². The Morgan fingerprint density at radius 3 is 2.13 bits per heavy atom. The topological polar surface area (TPSA) is 30.5 Å². The van der Waals surface area contributed by atoms with Gasteiger partial charge >= 0.3 is 0 Å². The van der Waals surface area contributed by atoms with Crippen molar-refractivity contribution >= 4 is 62.8 Å². The smallest absolute Gasteiger partial charge is 0.175 e. The molecule has 1 aliphatic rings. The van der Waals surface area contributed by atoms with Crippen LogP contribution in [0.3, 0.4) is 0 Å². The van der Waals surface area contributed by atoms with Crippen molar-refractivity contribution in [2.45, 2.75) is 34.8 Å². The average molecular weight is 286 g/mol. The Labute approximate surface area is 148 Å². The third-order valence-corrected chi connectivity index (χ3v) is 3.33. The van der Waals surface area contributed by atoms with Gasteiger partial charge in [-0.25, -0.2) is 0 Å². The van der Waals surface area contributed by atoms with Crippen molar-refractivity contribution in [1.29, 1.82) is 0 Å². The third-order valence-electron chi connectivity index (χ3n) is 3.33. The third kappa shape index (κ3) is 4.43. The highest BCUT2D eigenvalue weighted by Crippen LogP contribution is 2.38. The normalized spacial score (nSPS) is 19.2. The van der Waals surface area contributed by atoms with Crippen LogP contribution in [0.2, 0.25) is 5.11 Å². The molecule has 1 aliphatic heterocycles. The van der Waals surface area contributed by atoms with E-state index in [1.54, 1.807) is 25.1 Å². The molecule has 1 aromatic rings. The average Bonchev–Trinajstić information content (AvgIpc) is 2.58. The predicted octanol–water partition coefficient (Wildman–Crippen LogP) is -2.01. The molecule has 1 atom stereocenters. The molecule has 1 aromatic carbocycles. The van der Waals surface area contributed by atoms with Crippen LogP contribution >= 0.6 is 0 Å². The lowest BCUT2D eigenvalue weighted by molar-refractivity contribution is 0.0833. The summed E-state index contributed by atoms with van der Waals surface area (Å²) in [6.45, 7) is 1.66. The number of fused-ring (bicyclic) bond motifs is 1. The van der Waals surface area contributed by atoms with Crippen LogP contribution in [-0.4, -0.2) is 79.1 Å². The van der Waals surface area contributed by atoms with Gasteiger partial charge in [-0.3, -0.25) is 0 Å². The number of rotatable bonds is 5. The van der Waals surface area contributed by atoms with E-state index in [1.807, 2.05) is 0 Å². The first-order valence-electron chi connectivity index (χ1n) is 6.82. The van der Waals surface area contributed by atoms with Crippen molar-refractivity contribution in [3.63, 3.8) is 0 Å². The maximum atomic E-state index is 6.17. The van der Waals surface area contributed by atoms with Crippen molar-refractivity contribution in [3.8, 4) is 11.5 Å². The fourth-order valence-corrected chi connectivity index (χ4v) is 2.24. The molecule has 3 nitrogen and oxygen atoms in total. The van der Waals surface area contributed by atoms with Gasteiger partial charge in [0.05, 0.1) is 47.1 Å². The summed E-state index contributed by atoms with van der Waals surface area (Å²) in [6.07, 6.45) is 0.304. The maximum absolute atomic E-state index is 6.17. The summed E-state index contributed by atoms with van der Waals surface area (Å²) >= 11 is 0. The summed E-state index contributed by atoms with van der Waals surface area (Å²) in [7, 11) is 45.5. The van der Waals surface area contributed by atoms with Gasteiger partial charge in [0.2, 0.25) is 0 Å². The highest BCUT2D eigenvalue weighted by atomic mass is 16.7. The number of benzene rings is 1. The molecule has 23 heavy (non-hydrogen) atoms. The van der Waals surface area contributed by atoms with Gasteiger partial charge in [0, 0.05) is 0 Å². The maximum Gasteiger partial charge on any atom is 0.175 e. The lowest BCUT2D eigenvalue weighted by Gasteiger charge is -2.48. The van der Waals surface area contributed by atoms with E-state index in [9.17, 15) is 0 Å². The van der Waals surface area contributed by atoms with Gasteiger partial charge in [-0.15, -0.1) is 5.11 Å². The predicted molar refractivity (Wildman–Crippen MR) is 97.1 cm³/mol. The Bertz CT molecular complexity index is 599. The summed E-state index contributed by atoms with van der Waals surface area (Å²) in [5.41, 5.74) is -1.97. The summed E-state index contributed by atoms with van der Waals surface area (Å²) in [6, 6.07) is 5.13. The zero-order chi connectivity index (χ0) is 17.7. The summed E-state index contributed by atoms with van der Waals surface area (Å²) in [5.74, 6) is 0.836. The van der Waals surface area contributed by atoms with Gasteiger partial charge in [-0.1, -0.05) is 18.3 Å². The van der Waals surface area contributed by atoms with E-state index in [2.05, 4.69) is 5.32 Å². The molecular formula is C12H9B8NO2. The second kappa shape index (κ2) is 5.68. The monoisotopic (exact) mass is 287 g/mol. The van der Waals surface area contributed by atoms with Crippen LogP contribution in [0.15, 0.2) is 18.2 Å². The molecule has 1 N–H and O–H groups in total. The lowest BCUT2D eigenvalue weighted by atomic mass is 9.26. The minimum atomic E-state index is -1.87. The van der Waals surface area contributed by atoms with Gasteiger partial charge in [0.25, 0.3) is 0 Å². The molecular weight excluding hydrogens is 277 g/mol. The molecule has 1 unspecified atom stereocenters. The van der Waals surface area contributed by atoms with Gasteiger partial charge < -0.3 is 14.8 Å². The van der Waals surface area contributed by atoms with Crippen molar-refractivity contribution in [3.05, 3.63) is 23.8 Å². The summed E-state index contributed by atoms with van der Waals surface area (Å²) < 4.78 is 10.5. The first-order valence-corrected chi connectivity index (χ1v) is 6.82. The molecule has 16 radical (unpaired) electrons. The molecule has 1 heterocycles. The van der Waals surface area contributed by atoms with Crippen LogP contribution in [0.1, 0.15) is 12.5 Å². The fraction of sp³-hybridized carbons (Fsp3) is 0.500. The standard InChI is InChI=1S/C12H9B8NO2/c1-9(13,21-11(17,18)10(14,15)16)5-6-2-3-7-8(4-6)23-12(19,20)22-7/h2-4,21H,5H2,1H3. The Morgan fingerprint density at radius 1 is 1.00 bits per heavy atom. The Kier molecular flexibility index (Phi) is 4.60. The number of hydrogen-bond donors (Lipinski definition) is 1. The quantitative estimate of drug-likeness (QED) is 0.635. The van der Waals surface area contributed by atoms with Crippen molar-refractivity contribution in [2.24, 2.45) is 0 Å². The molecule has 0 fully saturated rings. The largest absolute Gasteiger partial charge is 0.468 e. The molecule has 0 aromatic heterocycles. The first kappa shape index (κ1) is 18.6. The van der Waals surface area contributed by atoms with Crippen LogP contribution in [-0.2, 0) is 6.42 Å². The van der Waals surface area contributed by atoms with Crippen molar-refractivity contribution in [2.75, 3.05) is 0 Å². The van der Waals surface area contributed by atoms with Gasteiger partial charge in [-0.2, -0.15) is 0 Å².